The van der Waals surface area contributed by atoms with Gasteiger partial charge in [0.25, 0.3) is 0 Å². The number of allylic oxidation sites excluding steroid dienone is 2. The number of fused-ring (bicyclic) bond motifs is 3. The summed E-state index contributed by atoms with van der Waals surface area (Å²) in [5.41, 5.74) is 3.03. The molecule has 1 aliphatic carbocycles. The Balaban J connectivity index is 1.83. The number of ether oxygens (including phenoxy) is 1. The van der Waals surface area contributed by atoms with Crippen LogP contribution in [0, 0.1) is 5.92 Å². The minimum absolute atomic E-state index is 0.0722. The number of phenolic OH excluding ortho intramolecular Hbond substituents is 1. The number of aromatic hydroxyl groups is 1. The molecule has 0 bridgehead atoms. The third kappa shape index (κ3) is 2.35. The molecule has 2 aromatic carbocycles. The molecule has 3 atom stereocenters. The number of hydrogen-bond donors (Lipinski definition) is 2. The molecule has 0 radical (unpaired) electrons. The van der Waals surface area contributed by atoms with Crippen LogP contribution in [0.2, 0.25) is 10.0 Å². The minimum atomic E-state index is 0.0722. The average Bonchev–Trinajstić information content (AvgIpc) is 3.07. The molecule has 1 heterocycles. The molecular formula is C19H17Cl2NO2. The van der Waals surface area contributed by atoms with E-state index in [1.165, 1.54) is 0 Å². The molecule has 5 heteroatoms. The van der Waals surface area contributed by atoms with Crippen molar-refractivity contribution in [1.82, 2.24) is 0 Å². The molecule has 0 amide bonds. The van der Waals surface area contributed by atoms with Crippen LogP contribution in [0.15, 0.2) is 42.5 Å². The van der Waals surface area contributed by atoms with Crippen molar-refractivity contribution in [3.63, 3.8) is 0 Å². The Morgan fingerprint density at radius 2 is 1.96 bits per heavy atom. The molecule has 4 rings (SSSR count). The lowest BCUT2D eigenvalue weighted by Crippen LogP contribution is -2.29. The summed E-state index contributed by atoms with van der Waals surface area (Å²) < 4.78 is 5.26. The van der Waals surface area contributed by atoms with E-state index >= 15 is 0 Å². The molecule has 0 saturated heterocycles. The quantitative estimate of drug-likeness (QED) is 0.690. The van der Waals surface area contributed by atoms with Gasteiger partial charge in [0.05, 0.1) is 23.9 Å². The van der Waals surface area contributed by atoms with Gasteiger partial charge in [0.2, 0.25) is 0 Å². The van der Waals surface area contributed by atoms with Crippen LogP contribution in [0.3, 0.4) is 0 Å². The lowest BCUT2D eigenvalue weighted by Gasteiger charge is -2.38. The molecule has 0 saturated carbocycles. The number of halogens is 2. The smallest absolute Gasteiger partial charge is 0.160 e. The summed E-state index contributed by atoms with van der Waals surface area (Å²) in [6.07, 6.45) is 5.39. The van der Waals surface area contributed by atoms with Crippen LogP contribution in [0.25, 0.3) is 0 Å². The zero-order chi connectivity index (χ0) is 16.8. The molecule has 0 fully saturated rings. The van der Waals surface area contributed by atoms with Gasteiger partial charge in [0.15, 0.2) is 11.5 Å². The fraction of sp³-hybridized carbons (Fsp3) is 0.263. The first-order valence-electron chi connectivity index (χ1n) is 7.88. The highest BCUT2D eigenvalue weighted by molar-refractivity contribution is 6.36. The molecule has 0 spiro atoms. The van der Waals surface area contributed by atoms with Crippen LogP contribution < -0.4 is 10.1 Å². The summed E-state index contributed by atoms with van der Waals surface area (Å²) in [6.45, 7) is 0. The van der Waals surface area contributed by atoms with E-state index in [-0.39, 0.29) is 17.7 Å². The van der Waals surface area contributed by atoms with Crippen molar-refractivity contribution in [1.29, 1.82) is 0 Å². The summed E-state index contributed by atoms with van der Waals surface area (Å²) >= 11 is 12.9. The largest absolute Gasteiger partial charge is 0.504 e. The number of hydrogen-bond acceptors (Lipinski definition) is 3. The Bertz CT molecular complexity index is 834. The van der Waals surface area contributed by atoms with Crippen LogP contribution in [0.1, 0.15) is 29.5 Å². The highest BCUT2D eigenvalue weighted by Crippen LogP contribution is 2.53. The molecule has 3 nitrogen and oxygen atoms in total. The topological polar surface area (TPSA) is 41.5 Å². The lowest BCUT2D eigenvalue weighted by molar-refractivity contribution is 0.370. The monoisotopic (exact) mass is 361 g/mol. The van der Waals surface area contributed by atoms with Crippen molar-refractivity contribution in [2.75, 3.05) is 12.4 Å². The van der Waals surface area contributed by atoms with Crippen LogP contribution >= 0.6 is 23.2 Å². The van der Waals surface area contributed by atoms with E-state index in [1.807, 2.05) is 24.3 Å². The third-order valence-electron chi connectivity index (χ3n) is 4.98. The highest BCUT2D eigenvalue weighted by atomic mass is 35.5. The summed E-state index contributed by atoms with van der Waals surface area (Å²) in [4.78, 5) is 0. The fourth-order valence-electron chi connectivity index (χ4n) is 3.85. The van der Waals surface area contributed by atoms with Crippen molar-refractivity contribution in [3.05, 3.63) is 63.7 Å². The van der Waals surface area contributed by atoms with Crippen LogP contribution in [-0.2, 0) is 0 Å². The number of anilines is 1. The van der Waals surface area contributed by atoms with Gasteiger partial charge in [-0.1, -0.05) is 41.4 Å². The SMILES string of the molecule is COc1cc(C2Nc3c(Cl)ccc(Cl)c3C3C=CCC32)ccc1O. The standard InChI is InChI=1S/C19H17Cl2NO2/c1-24-16-9-10(5-8-15(16)23)18-12-4-2-3-11(12)17-13(20)6-7-14(21)19(17)22-18/h2-3,5-9,11-12,18,22-23H,4H2,1H3. The second kappa shape index (κ2) is 5.91. The number of benzene rings is 2. The first kappa shape index (κ1) is 15.7. The van der Waals surface area contributed by atoms with Gasteiger partial charge in [-0.2, -0.15) is 0 Å². The second-order valence-corrected chi connectivity index (χ2v) is 7.04. The molecule has 124 valence electrons. The predicted octanol–water partition coefficient (Wildman–Crippen LogP) is 5.53. The van der Waals surface area contributed by atoms with Crippen LogP contribution in [0.4, 0.5) is 5.69 Å². The normalized spacial score (nSPS) is 24.2. The number of phenols is 1. The molecule has 1 aliphatic heterocycles. The molecule has 3 unspecified atom stereocenters. The lowest BCUT2D eigenvalue weighted by atomic mass is 9.77. The molecular weight excluding hydrogens is 345 g/mol. The third-order valence-corrected chi connectivity index (χ3v) is 5.62. The maximum Gasteiger partial charge on any atom is 0.160 e. The summed E-state index contributed by atoms with van der Waals surface area (Å²) in [7, 11) is 1.55. The van der Waals surface area contributed by atoms with E-state index in [0.717, 1.165) is 28.3 Å². The predicted molar refractivity (Wildman–Crippen MR) is 97.5 cm³/mol. The van der Waals surface area contributed by atoms with Gasteiger partial charge in [-0.25, -0.2) is 0 Å². The Morgan fingerprint density at radius 1 is 1.17 bits per heavy atom. The van der Waals surface area contributed by atoms with E-state index in [1.54, 1.807) is 13.2 Å². The minimum Gasteiger partial charge on any atom is -0.504 e. The van der Waals surface area contributed by atoms with Gasteiger partial charge < -0.3 is 15.2 Å². The van der Waals surface area contributed by atoms with E-state index in [2.05, 4.69) is 17.5 Å². The van der Waals surface area contributed by atoms with Gasteiger partial charge in [-0.15, -0.1) is 0 Å². The summed E-state index contributed by atoms with van der Waals surface area (Å²) in [5.74, 6) is 1.19. The Morgan fingerprint density at radius 3 is 2.75 bits per heavy atom. The van der Waals surface area contributed by atoms with E-state index in [9.17, 15) is 5.11 Å². The molecule has 24 heavy (non-hydrogen) atoms. The average molecular weight is 362 g/mol. The van der Waals surface area contributed by atoms with Crippen molar-refractivity contribution < 1.29 is 9.84 Å². The molecule has 2 aromatic rings. The Labute approximate surface area is 150 Å². The van der Waals surface area contributed by atoms with Gasteiger partial charge in [0, 0.05) is 16.5 Å². The molecule has 2 N–H and O–H groups in total. The van der Waals surface area contributed by atoms with Crippen molar-refractivity contribution in [3.8, 4) is 11.5 Å². The van der Waals surface area contributed by atoms with Crippen molar-refractivity contribution in [2.24, 2.45) is 5.92 Å². The zero-order valence-electron chi connectivity index (χ0n) is 13.1. The van der Waals surface area contributed by atoms with Gasteiger partial charge >= 0.3 is 0 Å². The summed E-state index contributed by atoms with van der Waals surface area (Å²) in [5, 5.41) is 14.8. The van der Waals surface area contributed by atoms with Gasteiger partial charge in [-0.05, 0) is 42.2 Å². The number of methoxy groups -OCH3 is 1. The van der Waals surface area contributed by atoms with Crippen molar-refractivity contribution >= 4 is 28.9 Å². The van der Waals surface area contributed by atoms with E-state index in [4.69, 9.17) is 27.9 Å². The van der Waals surface area contributed by atoms with E-state index < -0.39 is 0 Å². The Hall–Kier alpha value is -1.84. The van der Waals surface area contributed by atoms with E-state index in [0.29, 0.717) is 16.7 Å². The molecule has 2 aliphatic rings. The van der Waals surface area contributed by atoms with Crippen LogP contribution in [0.5, 0.6) is 11.5 Å². The Kier molecular flexibility index (Phi) is 3.86. The summed E-state index contributed by atoms with van der Waals surface area (Å²) in [6, 6.07) is 9.23. The van der Waals surface area contributed by atoms with Crippen molar-refractivity contribution in [2.45, 2.75) is 18.4 Å². The van der Waals surface area contributed by atoms with Gasteiger partial charge in [0.1, 0.15) is 0 Å². The first-order chi connectivity index (χ1) is 11.6. The molecule has 0 aromatic heterocycles. The maximum atomic E-state index is 9.86. The zero-order valence-corrected chi connectivity index (χ0v) is 14.6. The highest BCUT2D eigenvalue weighted by Gasteiger charge is 2.40. The number of nitrogens with one attached hydrogen (secondary N) is 1. The fourth-order valence-corrected chi connectivity index (χ4v) is 4.35. The maximum absolute atomic E-state index is 9.86. The van der Waals surface area contributed by atoms with Gasteiger partial charge in [-0.3, -0.25) is 0 Å². The first-order valence-corrected chi connectivity index (χ1v) is 8.63. The second-order valence-electron chi connectivity index (χ2n) is 6.22. The van der Waals surface area contributed by atoms with Crippen LogP contribution in [-0.4, -0.2) is 12.2 Å². The number of rotatable bonds is 2.